The van der Waals surface area contributed by atoms with Crippen LogP contribution in [0.5, 0.6) is 0 Å². The number of anilines is 1. The average Bonchev–Trinajstić information content (AvgIpc) is 3.07. The van der Waals surface area contributed by atoms with Gasteiger partial charge in [0.1, 0.15) is 5.82 Å². The number of aromatic nitrogens is 3. The van der Waals surface area contributed by atoms with E-state index in [9.17, 15) is 4.79 Å². The van der Waals surface area contributed by atoms with E-state index in [4.69, 9.17) is 11.6 Å². The maximum atomic E-state index is 13.1. The summed E-state index contributed by atoms with van der Waals surface area (Å²) < 4.78 is 1.84. The van der Waals surface area contributed by atoms with Crippen molar-refractivity contribution >= 4 is 23.3 Å². The number of carbonyl (C=O) groups is 1. The minimum atomic E-state index is -0.117. The van der Waals surface area contributed by atoms with Crippen molar-refractivity contribution in [2.24, 2.45) is 0 Å². The number of benzene rings is 1. The molecule has 2 aromatic heterocycles. The van der Waals surface area contributed by atoms with Crippen molar-refractivity contribution in [1.29, 1.82) is 0 Å². The molecule has 3 heterocycles. The predicted molar refractivity (Wildman–Crippen MR) is 124 cm³/mol. The lowest BCUT2D eigenvalue weighted by Gasteiger charge is -2.29. The second-order valence-corrected chi connectivity index (χ2v) is 8.42. The number of amides is 1. The van der Waals surface area contributed by atoms with E-state index in [1.807, 2.05) is 61.1 Å². The highest BCUT2D eigenvalue weighted by molar-refractivity contribution is 6.31. The van der Waals surface area contributed by atoms with Crippen LogP contribution in [0.25, 0.3) is 0 Å². The molecule has 162 valence electrons. The molecule has 1 aliphatic heterocycles. The summed E-state index contributed by atoms with van der Waals surface area (Å²) in [6.07, 6.45) is 5.46. The van der Waals surface area contributed by atoms with Crippen molar-refractivity contribution < 1.29 is 4.79 Å². The second kappa shape index (κ2) is 9.52. The molecule has 0 aliphatic carbocycles. The van der Waals surface area contributed by atoms with Crippen LogP contribution in [-0.2, 0) is 13.1 Å². The molecule has 7 heteroatoms. The van der Waals surface area contributed by atoms with E-state index in [0.717, 1.165) is 35.7 Å². The lowest BCUT2D eigenvalue weighted by Crippen LogP contribution is -2.32. The van der Waals surface area contributed by atoms with Gasteiger partial charge in [0, 0.05) is 42.1 Å². The molecular weight excluding hydrogens is 410 g/mol. The highest BCUT2D eigenvalue weighted by Gasteiger charge is 2.20. The van der Waals surface area contributed by atoms with Crippen molar-refractivity contribution in [1.82, 2.24) is 20.1 Å². The van der Waals surface area contributed by atoms with Gasteiger partial charge in [0.05, 0.1) is 17.8 Å². The van der Waals surface area contributed by atoms with Crippen molar-refractivity contribution in [2.45, 2.75) is 46.2 Å². The smallest absolute Gasteiger partial charge is 0.255 e. The fraction of sp³-hybridized carbons (Fsp3) is 0.375. The molecule has 6 nitrogen and oxygen atoms in total. The van der Waals surface area contributed by atoms with Gasteiger partial charge < -0.3 is 10.2 Å². The molecule has 1 amide bonds. The number of hydrogen-bond donors (Lipinski definition) is 1. The Bertz CT molecular complexity index is 1070. The molecular formula is C24H28ClN5O. The molecule has 1 aromatic carbocycles. The number of piperidine rings is 1. The maximum Gasteiger partial charge on any atom is 0.255 e. The number of carbonyl (C=O) groups excluding carboxylic acids is 1. The zero-order chi connectivity index (χ0) is 21.8. The summed E-state index contributed by atoms with van der Waals surface area (Å²) in [5.41, 5.74) is 4.18. The summed E-state index contributed by atoms with van der Waals surface area (Å²) in [6.45, 7) is 6.80. The summed E-state index contributed by atoms with van der Waals surface area (Å²) in [5, 5.41) is 8.37. The van der Waals surface area contributed by atoms with Gasteiger partial charge >= 0.3 is 0 Å². The first-order chi connectivity index (χ1) is 15.0. The van der Waals surface area contributed by atoms with E-state index in [1.165, 1.54) is 19.3 Å². The van der Waals surface area contributed by atoms with Crippen molar-refractivity contribution in [3.05, 3.63) is 75.7 Å². The van der Waals surface area contributed by atoms with Crippen LogP contribution >= 0.6 is 11.6 Å². The van der Waals surface area contributed by atoms with E-state index < -0.39 is 0 Å². The van der Waals surface area contributed by atoms with Gasteiger partial charge in [-0.25, -0.2) is 4.98 Å². The number of hydrogen-bond acceptors (Lipinski definition) is 4. The molecule has 31 heavy (non-hydrogen) atoms. The fourth-order valence-electron chi connectivity index (χ4n) is 4.19. The number of halogens is 1. The number of nitrogens with one attached hydrogen (secondary N) is 1. The summed E-state index contributed by atoms with van der Waals surface area (Å²) in [7, 11) is 0. The number of rotatable bonds is 6. The SMILES string of the molecule is Cc1nn(Cc2ccccc2Cl)c(C)c1C(=O)NCc1cccnc1N1CCCCC1. The van der Waals surface area contributed by atoms with Gasteiger partial charge in [-0.3, -0.25) is 9.48 Å². The Morgan fingerprint density at radius 2 is 1.81 bits per heavy atom. The quantitative estimate of drug-likeness (QED) is 0.616. The third-order valence-corrected chi connectivity index (χ3v) is 6.22. The van der Waals surface area contributed by atoms with Crippen LogP contribution in [-0.4, -0.2) is 33.8 Å². The van der Waals surface area contributed by atoms with Crippen LogP contribution in [0.2, 0.25) is 5.02 Å². The van der Waals surface area contributed by atoms with Gasteiger partial charge in [0.15, 0.2) is 0 Å². The van der Waals surface area contributed by atoms with Crippen LogP contribution < -0.4 is 10.2 Å². The highest BCUT2D eigenvalue weighted by Crippen LogP contribution is 2.22. The van der Waals surface area contributed by atoms with E-state index in [2.05, 4.69) is 20.3 Å². The van der Waals surface area contributed by atoms with Gasteiger partial charge in [-0.2, -0.15) is 5.10 Å². The summed E-state index contributed by atoms with van der Waals surface area (Å²) in [6, 6.07) is 11.7. The Labute approximate surface area is 188 Å². The number of pyridine rings is 1. The molecule has 1 aliphatic rings. The van der Waals surface area contributed by atoms with Crippen LogP contribution in [0.15, 0.2) is 42.6 Å². The lowest BCUT2D eigenvalue weighted by atomic mass is 10.1. The Hall–Kier alpha value is -2.86. The molecule has 0 atom stereocenters. The van der Waals surface area contributed by atoms with Crippen LogP contribution in [0.4, 0.5) is 5.82 Å². The fourth-order valence-corrected chi connectivity index (χ4v) is 4.39. The molecule has 0 spiro atoms. The molecule has 3 aromatic rings. The van der Waals surface area contributed by atoms with Gasteiger partial charge in [-0.05, 0) is 50.8 Å². The average molecular weight is 438 g/mol. The third-order valence-electron chi connectivity index (χ3n) is 5.85. The van der Waals surface area contributed by atoms with Crippen molar-refractivity contribution in [3.63, 3.8) is 0 Å². The molecule has 4 rings (SSSR count). The first kappa shape index (κ1) is 21.4. The predicted octanol–water partition coefficient (Wildman–Crippen LogP) is 4.52. The standard InChI is InChI=1S/C24H28ClN5O/c1-17-22(18(2)30(28-17)16-20-9-4-5-11-21(20)25)24(31)27-15-19-10-8-12-26-23(19)29-13-6-3-7-14-29/h4-5,8-12H,3,6-7,13-16H2,1-2H3,(H,27,31). The van der Waals surface area contributed by atoms with Crippen molar-refractivity contribution in [3.8, 4) is 0 Å². The third kappa shape index (κ3) is 4.74. The van der Waals surface area contributed by atoms with Crippen LogP contribution in [0.3, 0.4) is 0 Å². The second-order valence-electron chi connectivity index (χ2n) is 8.01. The normalized spacial score (nSPS) is 14.0. The van der Waals surface area contributed by atoms with Crippen LogP contribution in [0, 0.1) is 13.8 Å². The Balaban J connectivity index is 1.49. The van der Waals surface area contributed by atoms with E-state index in [-0.39, 0.29) is 5.91 Å². The van der Waals surface area contributed by atoms with Gasteiger partial charge in [-0.1, -0.05) is 35.9 Å². The molecule has 0 bridgehead atoms. The van der Waals surface area contributed by atoms with Gasteiger partial charge in [-0.15, -0.1) is 0 Å². The van der Waals surface area contributed by atoms with E-state index in [0.29, 0.717) is 29.4 Å². The molecule has 1 N–H and O–H groups in total. The highest BCUT2D eigenvalue weighted by atomic mass is 35.5. The van der Waals surface area contributed by atoms with Gasteiger partial charge in [0.25, 0.3) is 5.91 Å². The van der Waals surface area contributed by atoms with Crippen LogP contribution in [0.1, 0.15) is 52.1 Å². The zero-order valence-corrected chi connectivity index (χ0v) is 18.8. The van der Waals surface area contributed by atoms with Crippen molar-refractivity contribution in [2.75, 3.05) is 18.0 Å². The van der Waals surface area contributed by atoms with E-state index in [1.54, 1.807) is 0 Å². The summed E-state index contributed by atoms with van der Waals surface area (Å²) in [5.74, 6) is 0.860. The molecule has 0 saturated carbocycles. The molecule has 0 unspecified atom stereocenters. The first-order valence-corrected chi connectivity index (χ1v) is 11.2. The topological polar surface area (TPSA) is 63.1 Å². The molecule has 1 fully saturated rings. The van der Waals surface area contributed by atoms with Gasteiger partial charge in [0.2, 0.25) is 0 Å². The summed E-state index contributed by atoms with van der Waals surface area (Å²) in [4.78, 5) is 20.0. The minimum Gasteiger partial charge on any atom is -0.356 e. The Morgan fingerprint density at radius 1 is 1.06 bits per heavy atom. The maximum absolute atomic E-state index is 13.1. The Morgan fingerprint density at radius 3 is 2.58 bits per heavy atom. The molecule has 1 saturated heterocycles. The number of nitrogens with zero attached hydrogens (tertiary/aromatic N) is 4. The Kier molecular flexibility index (Phi) is 6.56. The lowest BCUT2D eigenvalue weighted by molar-refractivity contribution is 0.0949. The monoisotopic (exact) mass is 437 g/mol. The first-order valence-electron chi connectivity index (χ1n) is 10.8. The number of aryl methyl sites for hydroxylation is 1. The largest absolute Gasteiger partial charge is 0.356 e. The molecule has 0 radical (unpaired) electrons. The summed E-state index contributed by atoms with van der Waals surface area (Å²) >= 11 is 6.30. The van der Waals surface area contributed by atoms with E-state index >= 15 is 0 Å². The zero-order valence-electron chi connectivity index (χ0n) is 18.1. The minimum absolute atomic E-state index is 0.117.